The number of aryl methyl sites for hydroxylation is 2. The average Bonchev–Trinajstić information content (AvgIpc) is 3.23. The van der Waals surface area contributed by atoms with E-state index in [9.17, 15) is 0 Å². The largest absolute Gasteiger partial charge is 0.330 e. The van der Waals surface area contributed by atoms with Crippen LogP contribution < -0.4 is 0 Å². The molecule has 4 rings (SSSR count). The van der Waals surface area contributed by atoms with Crippen LogP contribution in [0.2, 0.25) is 0 Å². The zero-order chi connectivity index (χ0) is 19.7. The normalized spacial score (nSPS) is 12.0. The second kappa shape index (κ2) is 9.88. The highest BCUT2D eigenvalue weighted by molar-refractivity contribution is 5.22. The molecular weight excluding hydrogens is 352 g/mol. The van der Waals surface area contributed by atoms with E-state index in [1.807, 2.05) is 12.5 Å². The van der Waals surface area contributed by atoms with Crippen molar-refractivity contribution in [1.29, 1.82) is 0 Å². The Labute approximate surface area is 173 Å². The van der Waals surface area contributed by atoms with Gasteiger partial charge in [0.15, 0.2) is 0 Å². The fourth-order valence-electron chi connectivity index (χ4n) is 3.99. The smallest absolute Gasteiger partial charge is 0.0951 e. The first-order valence-electron chi connectivity index (χ1n) is 10.5. The Morgan fingerprint density at radius 2 is 1.24 bits per heavy atom. The van der Waals surface area contributed by atoms with Gasteiger partial charge in [-0.05, 0) is 48.3 Å². The molecular formula is C27H28N2. The predicted octanol–water partition coefficient (Wildman–Crippen LogP) is 6.28. The number of imidazole rings is 1. The Balaban J connectivity index is 1.44. The summed E-state index contributed by atoms with van der Waals surface area (Å²) < 4.78 is 2.29. The van der Waals surface area contributed by atoms with Crippen LogP contribution in [0.1, 0.15) is 41.1 Å². The van der Waals surface area contributed by atoms with Crippen molar-refractivity contribution in [2.24, 2.45) is 0 Å². The monoisotopic (exact) mass is 380 g/mol. The van der Waals surface area contributed by atoms with E-state index >= 15 is 0 Å². The van der Waals surface area contributed by atoms with Gasteiger partial charge in [0.1, 0.15) is 0 Å². The van der Waals surface area contributed by atoms with Crippen LogP contribution in [0, 0.1) is 0 Å². The second-order valence-electron chi connectivity index (χ2n) is 7.67. The van der Waals surface area contributed by atoms with Gasteiger partial charge in [0.05, 0.1) is 6.33 Å². The first-order chi connectivity index (χ1) is 14.4. The number of rotatable bonds is 9. The number of benzene rings is 3. The highest BCUT2D eigenvalue weighted by Crippen LogP contribution is 2.27. The van der Waals surface area contributed by atoms with Crippen molar-refractivity contribution < 1.29 is 0 Å². The lowest BCUT2D eigenvalue weighted by Gasteiger charge is -2.18. The van der Waals surface area contributed by atoms with Crippen LogP contribution in [0.15, 0.2) is 104 Å². The lowest BCUT2D eigenvalue weighted by atomic mass is 9.88. The maximum absolute atomic E-state index is 4.43. The van der Waals surface area contributed by atoms with Gasteiger partial charge in [-0.3, -0.25) is 0 Å². The summed E-state index contributed by atoms with van der Waals surface area (Å²) in [5.41, 5.74) is 5.49. The van der Waals surface area contributed by atoms with E-state index in [4.69, 9.17) is 0 Å². The van der Waals surface area contributed by atoms with Crippen LogP contribution in [-0.2, 0) is 19.4 Å². The van der Waals surface area contributed by atoms with E-state index in [2.05, 4.69) is 101 Å². The van der Waals surface area contributed by atoms with Crippen molar-refractivity contribution in [1.82, 2.24) is 9.55 Å². The van der Waals surface area contributed by atoms with Gasteiger partial charge in [0.25, 0.3) is 0 Å². The zero-order valence-electron chi connectivity index (χ0n) is 16.8. The molecule has 0 radical (unpaired) electrons. The Kier molecular flexibility index (Phi) is 6.54. The van der Waals surface area contributed by atoms with Crippen LogP contribution >= 0.6 is 0 Å². The maximum atomic E-state index is 4.43. The fourth-order valence-corrected chi connectivity index (χ4v) is 3.99. The molecule has 4 aromatic rings. The van der Waals surface area contributed by atoms with E-state index < -0.39 is 0 Å². The van der Waals surface area contributed by atoms with Gasteiger partial charge in [0.2, 0.25) is 0 Å². The summed E-state index contributed by atoms with van der Waals surface area (Å²) in [6.07, 6.45) is 8.45. The van der Waals surface area contributed by atoms with Crippen LogP contribution in [0.4, 0.5) is 0 Å². The summed E-state index contributed by atoms with van der Waals surface area (Å²) in [7, 11) is 0. The number of hydrogen-bond donors (Lipinski definition) is 0. The fraction of sp³-hybridized carbons (Fsp3) is 0.222. The van der Waals surface area contributed by atoms with Crippen molar-refractivity contribution >= 4 is 0 Å². The molecule has 0 aliphatic rings. The number of aromatic nitrogens is 2. The summed E-state index contributed by atoms with van der Waals surface area (Å²) in [6, 6.07) is 32.4. The van der Waals surface area contributed by atoms with Crippen molar-refractivity contribution in [3.8, 4) is 0 Å². The van der Waals surface area contributed by atoms with Crippen LogP contribution in [0.25, 0.3) is 0 Å². The maximum Gasteiger partial charge on any atom is 0.0951 e. The van der Waals surface area contributed by atoms with Crippen LogP contribution in [-0.4, -0.2) is 9.55 Å². The Morgan fingerprint density at radius 1 is 0.655 bits per heavy atom. The Morgan fingerprint density at radius 3 is 1.93 bits per heavy atom. The molecule has 2 heteroatoms. The van der Waals surface area contributed by atoms with Gasteiger partial charge >= 0.3 is 0 Å². The van der Waals surface area contributed by atoms with Crippen molar-refractivity contribution in [3.63, 3.8) is 0 Å². The molecule has 0 bridgehead atoms. The summed E-state index contributed by atoms with van der Waals surface area (Å²) >= 11 is 0. The standard InChI is InChI=1S/C27H28N2/c1-4-10-23(11-5-1)16-17-26(25-14-8-3-9-15-25)18-19-27-20-28-22-29(27)21-24-12-6-2-7-13-24/h1-15,20,22,26H,16-19,21H2. The minimum atomic E-state index is 0.552. The average molecular weight is 381 g/mol. The minimum Gasteiger partial charge on any atom is -0.330 e. The lowest BCUT2D eigenvalue weighted by molar-refractivity contribution is 0.563. The quantitative estimate of drug-likeness (QED) is 0.334. The molecule has 1 atom stereocenters. The molecule has 0 amide bonds. The molecule has 0 saturated carbocycles. The van der Waals surface area contributed by atoms with Crippen molar-refractivity contribution in [3.05, 3.63) is 126 Å². The lowest BCUT2D eigenvalue weighted by Crippen LogP contribution is -2.07. The van der Waals surface area contributed by atoms with Gasteiger partial charge in [0, 0.05) is 18.4 Å². The van der Waals surface area contributed by atoms with E-state index in [0.29, 0.717) is 5.92 Å². The van der Waals surface area contributed by atoms with E-state index in [1.165, 1.54) is 28.8 Å². The molecule has 0 fully saturated rings. The number of nitrogens with zero attached hydrogens (tertiary/aromatic N) is 2. The van der Waals surface area contributed by atoms with Gasteiger partial charge in [-0.1, -0.05) is 91.0 Å². The van der Waals surface area contributed by atoms with Gasteiger partial charge in [-0.25, -0.2) is 4.98 Å². The molecule has 1 aromatic heterocycles. The molecule has 146 valence electrons. The molecule has 0 saturated heterocycles. The third kappa shape index (κ3) is 5.45. The third-order valence-corrected chi connectivity index (χ3v) is 5.64. The van der Waals surface area contributed by atoms with E-state index in [-0.39, 0.29) is 0 Å². The highest BCUT2D eigenvalue weighted by Gasteiger charge is 2.13. The molecule has 3 aromatic carbocycles. The molecule has 29 heavy (non-hydrogen) atoms. The molecule has 2 nitrogen and oxygen atoms in total. The highest BCUT2D eigenvalue weighted by atomic mass is 15.0. The molecule has 0 aliphatic heterocycles. The molecule has 0 aliphatic carbocycles. The minimum absolute atomic E-state index is 0.552. The summed E-state index contributed by atoms with van der Waals surface area (Å²) in [4.78, 5) is 4.43. The molecule has 0 N–H and O–H groups in total. The van der Waals surface area contributed by atoms with E-state index in [1.54, 1.807) is 0 Å². The first kappa shape index (κ1) is 19.2. The topological polar surface area (TPSA) is 17.8 Å². The first-order valence-corrected chi connectivity index (χ1v) is 10.5. The summed E-state index contributed by atoms with van der Waals surface area (Å²) in [5, 5.41) is 0. The molecule has 1 unspecified atom stereocenters. The second-order valence-corrected chi connectivity index (χ2v) is 7.67. The third-order valence-electron chi connectivity index (χ3n) is 5.64. The molecule has 0 spiro atoms. The summed E-state index contributed by atoms with van der Waals surface area (Å²) in [5.74, 6) is 0.552. The SMILES string of the molecule is c1ccc(CCC(CCc2cncn2Cc2ccccc2)c2ccccc2)cc1. The Hall–Kier alpha value is -3.13. The Bertz CT molecular complexity index is 975. The van der Waals surface area contributed by atoms with Gasteiger partial charge < -0.3 is 4.57 Å². The zero-order valence-corrected chi connectivity index (χ0v) is 16.8. The van der Waals surface area contributed by atoms with Crippen molar-refractivity contribution in [2.45, 2.75) is 38.1 Å². The predicted molar refractivity (Wildman–Crippen MR) is 120 cm³/mol. The van der Waals surface area contributed by atoms with Gasteiger partial charge in [-0.15, -0.1) is 0 Å². The number of hydrogen-bond acceptors (Lipinski definition) is 1. The van der Waals surface area contributed by atoms with Crippen LogP contribution in [0.5, 0.6) is 0 Å². The van der Waals surface area contributed by atoms with Crippen molar-refractivity contribution in [2.75, 3.05) is 0 Å². The summed E-state index contributed by atoms with van der Waals surface area (Å²) in [6.45, 7) is 0.885. The van der Waals surface area contributed by atoms with Gasteiger partial charge in [-0.2, -0.15) is 0 Å². The van der Waals surface area contributed by atoms with Crippen LogP contribution in [0.3, 0.4) is 0 Å². The van der Waals surface area contributed by atoms with E-state index in [0.717, 1.165) is 25.8 Å². The molecule has 1 heterocycles.